The van der Waals surface area contributed by atoms with Crippen molar-refractivity contribution >= 4 is 78.0 Å². The summed E-state index contributed by atoms with van der Waals surface area (Å²) in [6.07, 6.45) is 0. The number of rotatable bonds is 3. The maximum absolute atomic E-state index is 2.64. The topological polar surface area (TPSA) is 6.48 Å². The van der Waals surface area contributed by atoms with Crippen LogP contribution in [0.3, 0.4) is 0 Å². The Morgan fingerprint density at radius 3 is 1.53 bits per heavy atom. The molecule has 0 fully saturated rings. The van der Waals surface area contributed by atoms with E-state index in [1.54, 1.807) is 0 Å². The van der Waals surface area contributed by atoms with Gasteiger partial charge in [-0.3, -0.25) is 0 Å². The first-order chi connectivity index (χ1) is 34.7. The van der Waals surface area contributed by atoms with Gasteiger partial charge in [0.25, 0.3) is 6.71 Å². The third-order valence-electron chi connectivity index (χ3n) is 16.7. The van der Waals surface area contributed by atoms with Gasteiger partial charge in [-0.25, -0.2) is 0 Å². The lowest BCUT2D eigenvalue weighted by Gasteiger charge is -2.43. The normalized spacial score (nSPS) is 14.5. The van der Waals surface area contributed by atoms with E-state index >= 15 is 0 Å². The quantitative estimate of drug-likeness (QED) is 0.163. The Morgan fingerprint density at radius 1 is 0.458 bits per heavy atom. The summed E-state index contributed by atoms with van der Waals surface area (Å²) in [5.41, 5.74) is 29.6. The van der Waals surface area contributed by atoms with E-state index in [2.05, 4.69) is 254 Å². The van der Waals surface area contributed by atoms with Gasteiger partial charge in [-0.15, -0.1) is 11.3 Å². The minimum atomic E-state index is -0.419. The first-order valence-electron chi connectivity index (χ1n) is 25.8. The van der Waals surface area contributed by atoms with Crippen molar-refractivity contribution in [3.63, 3.8) is 0 Å². The van der Waals surface area contributed by atoms with E-state index in [0.29, 0.717) is 0 Å². The van der Waals surface area contributed by atoms with Crippen molar-refractivity contribution in [2.75, 3.05) is 9.80 Å². The van der Waals surface area contributed by atoms with Crippen LogP contribution in [-0.2, 0) is 16.2 Å². The maximum Gasteiger partial charge on any atom is 0.264 e. The highest BCUT2D eigenvalue weighted by Crippen LogP contribution is 2.64. The molecule has 0 atom stereocenters. The maximum atomic E-state index is 2.64. The van der Waals surface area contributed by atoms with Gasteiger partial charge in [0.1, 0.15) is 0 Å². The van der Waals surface area contributed by atoms with Crippen LogP contribution >= 0.6 is 11.3 Å². The number of thiophene rings is 1. The summed E-state index contributed by atoms with van der Waals surface area (Å²) in [4.78, 5) is 5.23. The molecule has 0 N–H and O–H groups in total. The summed E-state index contributed by atoms with van der Waals surface area (Å²) in [5, 5.41) is 1.31. The largest absolute Gasteiger partial charge is 0.311 e. The number of nitrogens with zero attached hydrogens (tertiary/aromatic N) is 2. The van der Waals surface area contributed by atoms with Crippen molar-refractivity contribution in [2.24, 2.45) is 0 Å². The third kappa shape index (κ3) is 5.90. The van der Waals surface area contributed by atoms with Gasteiger partial charge >= 0.3 is 0 Å². The van der Waals surface area contributed by atoms with E-state index in [0.717, 1.165) is 0 Å². The zero-order chi connectivity index (χ0) is 49.2. The van der Waals surface area contributed by atoms with Crippen molar-refractivity contribution in [1.82, 2.24) is 0 Å². The lowest BCUT2D eigenvalue weighted by atomic mass is 9.36. The zero-order valence-corrected chi connectivity index (χ0v) is 43.5. The Kier molecular flexibility index (Phi) is 9.09. The Morgan fingerprint density at radius 2 is 0.972 bits per heavy atom. The molecule has 72 heavy (non-hydrogen) atoms. The van der Waals surface area contributed by atoms with Crippen LogP contribution in [0.5, 0.6) is 0 Å². The molecule has 0 saturated heterocycles. The average Bonchev–Trinajstić information content (AvgIpc) is 3.99. The summed E-state index contributed by atoms with van der Waals surface area (Å²) >= 11 is 2.01. The molecule has 0 amide bonds. The van der Waals surface area contributed by atoms with Crippen molar-refractivity contribution in [3.8, 4) is 33.4 Å². The van der Waals surface area contributed by atoms with Gasteiger partial charge < -0.3 is 9.80 Å². The molecule has 2 aliphatic heterocycles. The number of aryl methyl sites for hydroxylation is 3. The van der Waals surface area contributed by atoms with Crippen molar-refractivity contribution < 1.29 is 0 Å². The molecule has 0 unspecified atom stereocenters. The van der Waals surface area contributed by atoms with Crippen LogP contribution in [0.2, 0.25) is 0 Å². The molecule has 0 radical (unpaired) electrons. The molecule has 1 aromatic heterocycles. The predicted molar refractivity (Wildman–Crippen MR) is 309 cm³/mol. The second kappa shape index (κ2) is 15.1. The molecule has 2 aliphatic carbocycles. The molecule has 1 spiro atoms. The monoisotopic (exact) mass is 944 g/mol. The Labute approximate surface area is 429 Å². The standard InChI is InChI=1S/C68H57BN2S/c1-40-35-59-63-60(36-40)71(47-32-28-45(29-33-47)67(7,8)9)64-52-38-51-50-21-12-15-24-55(50)68(53-22-13-10-19-48(53)49-20-11-14-23-54(49)68)56(51)39-61(52)72-65(64)69(63)57-34-25-43(62-41(2)17-16-18-42(62)3)37-58(57)70(59)46-30-26-44(27-31-46)66(4,5)6/h10-39H,1-9H3. The van der Waals surface area contributed by atoms with Crippen LogP contribution in [0.15, 0.2) is 182 Å². The van der Waals surface area contributed by atoms with Gasteiger partial charge in [0.15, 0.2) is 0 Å². The molecule has 0 saturated carbocycles. The molecule has 3 heterocycles. The Bertz CT molecular complexity index is 3870. The molecular formula is C68H57BN2S. The summed E-state index contributed by atoms with van der Waals surface area (Å²) in [5.74, 6) is 0. The minimum Gasteiger partial charge on any atom is -0.311 e. The third-order valence-corrected chi connectivity index (χ3v) is 17.9. The fourth-order valence-corrected chi connectivity index (χ4v) is 14.7. The van der Waals surface area contributed by atoms with Crippen LogP contribution in [0, 0.1) is 20.8 Å². The highest BCUT2D eigenvalue weighted by atomic mass is 32.1. The van der Waals surface area contributed by atoms with Crippen LogP contribution in [0.25, 0.3) is 43.5 Å². The number of hydrogen-bond acceptors (Lipinski definition) is 3. The van der Waals surface area contributed by atoms with Crippen LogP contribution in [-0.4, -0.2) is 6.71 Å². The minimum absolute atomic E-state index is 0.00392. The molecule has 4 aliphatic rings. The van der Waals surface area contributed by atoms with Crippen LogP contribution in [0.1, 0.15) is 91.6 Å². The van der Waals surface area contributed by atoms with E-state index < -0.39 is 5.41 Å². The highest BCUT2D eigenvalue weighted by Gasteiger charge is 2.53. The first-order valence-corrected chi connectivity index (χ1v) is 26.6. The molecule has 2 nitrogen and oxygen atoms in total. The van der Waals surface area contributed by atoms with E-state index in [-0.39, 0.29) is 17.5 Å². The Balaban J connectivity index is 1.08. The van der Waals surface area contributed by atoms with Gasteiger partial charge in [-0.1, -0.05) is 169 Å². The summed E-state index contributed by atoms with van der Waals surface area (Å²) in [7, 11) is 0. The van der Waals surface area contributed by atoms with E-state index in [1.165, 1.54) is 143 Å². The first kappa shape index (κ1) is 43.4. The SMILES string of the molecule is Cc1cc2c3c(c1)N(c1ccc(C(C)(C)C)cc1)c1c(sc4cc5c(cc14)-c1ccccc1C51c4ccccc4-c4ccccc41)B3c1ccc(-c3c(C)cccc3C)cc1N2c1ccc(C(C)(C)C)cc1. The van der Waals surface area contributed by atoms with Crippen molar-refractivity contribution in [2.45, 2.75) is 78.6 Å². The van der Waals surface area contributed by atoms with Gasteiger partial charge in [-0.2, -0.15) is 0 Å². The van der Waals surface area contributed by atoms with Gasteiger partial charge in [0.05, 0.1) is 11.1 Å². The fraction of sp³-hybridized carbons (Fsp3) is 0.176. The fourth-order valence-electron chi connectivity index (χ4n) is 13.4. The van der Waals surface area contributed by atoms with E-state index in [9.17, 15) is 0 Å². The van der Waals surface area contributed by atoms with Crippen LogP contribution < -0.4 is 25.5 Å². The molecular weight excluding hydrogens is 888 g/mol. The smallest absolute Gasteiger partial charge is 0.264 e. The zero-order valence-electron chi connectivity index (χ0n) is 42.7. The van der Waals surface area contributed by atoms with Crippen LogP contribution in [0.4, 0.5) is 34.1 Å². The summed E-state index contributed by atoms with van der Waals surface area (Å²) < 4.78 is 2.72. The molecule has 348 valence electrons. The second-order valence-corrected chi connectivity index (χ2v) is 24.1. The average molecular weight is 945 g/mol. The van der Waals surface area contributed by atoms with Gasteiger partial charge in [0, 0.05) is 43.3 Å². The summed E-state index contributed by atoms with van der Waals surface area (Å²) in [6, 6.07) is 70.7. The lowest BCUT2D eigenvalue weighted by molar-refractivity contribution is 0.590. The number of fused-ring (bicyclic) bond motifs is 16. The number of benzene rings is 9. The van der Waals surface area contributed by atoms with Crippen molar-refractivity contribution in [3.05, 3.63) is 232 Å². The van der Waals surface area contributed by atoms with E-state index in [4.69, 9.17) is 0 Å². The molecule has 4 heteroatoms. The second-order valence-electron chi connectivity index (χ2n) is 23.1. The Hall–Kier alpha value is -7.40. The lowest BCUT2D eigenvalue weighted by Crippen LogP contribution is -2.60. The summed E-state index contributed by atoms with van der Waals surface area (Å²) in [6.45, 7) is 20.7. The number of hydrogen-bond donors (Lipinski definition) is 0. The van der Waals surface area contributed by atoms with E-state index in [1.807, 2.05) is 11.3 Å². The predicted octanol–water partition coefficient (Wildman–Crippen LogP) is 16.5. The number of anilines is 6. The molecule has 0 bridgehead atoms. The highest BCUT2D eigenvalue weighted by molar-refractivity contribution is 7.33. The van der Waals surface area contributed by atoms with Gasteiger partial charge in [0.2, 0.25) is 0 Å². The molecule has 10 aromatic rings. The van der Waals surface area contributed by atoms with Gasteiger partial charge in [-0.05, 0) is 181 Å². The molecule has 9 aromatic carbocycles. The van der Waals surface area contributed by atoms with Crippen molar-refractivity contribution in [1.29, 1.82) is 0 Å². The molecule has 14 rings (SSSR count).